The van der Waals surface area contributed by atoms with Crippen molar-refractivity contribution in [3.05, 3.63) is 77.9 Å². The molecule has 9 heteroatoms. The number of carbonyl (C=O) groups is 1. The Hall–Kier alpha value is -3.56. The summed E-state index contributed by atoms with van der Waals surface area (Å²) < 4.78 is 44.4. The van der Waals surface area contributed by atoms with Crippen molar-refractivity contribution < 1.29 is 27.4 Å². The first kappa shape index (κ1) is 26.1. The van der Waals surface area contributed by atoms with Gasteiger partial charge in [0.25, 0.3) is 5.91 Å². The van der Waals surface area contributed by atoms with Gasteiger partial charge >= 0.3 is 0 Å². The van der Waals surface area contributed by atoms with E-state index in [-0.39, 0.29) is 10.5 Å². The number of ether oxygens (including phenoxy) is 3. The number of rotatable bonds is 12. The lowest BCUT2D eigenvalue weighted by molar-refractivity contribution is 0.102. The summed E-state index contributed by atoms with van der Waals surface area (Å²) in [5, 5.41) is 2.73. The Labute approximate surface area is 206 Å². The maximum absolute atomic E-state index is 13.0. The Morgan fingerprint density at radius 3 is 2.23 bits per heavy atom. The molecule has 3 aromatic rings. The highest BCUT2D eigenvalue weighted by atomic mass is 32.2. The summed E-state index contributed by atoms with van der Waals surface area (Å²) in [5.41, 5.74) is 1.58. The van der Waals surface area contributed by atoms with E-state index in [2.05, 4.69) is 10.0 Å². The van der Waals surface area contributed by atoms with E-state index in [1.54, 1.807) is 24.3 Å². The van der Waals surface area contributed by atoms with Crippen LogP contribution in [0.3, 0.4) is 0 Å². The highest BCUT2D eigenvalue weighted by molar-refractivity contribution is 7.89. The molecule has 3 rings (SSSR count). The van der Waals surface area contributed by atoms with Crippen molar-refractivity contribution in [3.8, 4) is 17.2 Å². The minimum Gasteiger partial charge on any atom is -0.493 e. The molecule has 1 amide bonds. The number of anilines is 1. The summed E-state index contributed by atoms with van der Waals surface area (Å²) in [5.74, 6) is 0.593. The van der Waals surface area contributed by atoms with Gasteiger partial charge in [0.1, 0.15) is 6.61 Å². The van der Waals surface area contributed by atoms with Crippen molar-refractivity contribution in [1.29, 1.82) is 0 Å². The zero-order valence-electron chi connectivity index (χ0n) is 20.0. The molecule has 35 heavy (non-hydrogen) atoms. The van der Waals surface area contributed by atoms with E-state index in [0.717, 1.165) is 18.4 Å². The summed E-state index contributed by atoms with van der Waals surface area (Å²) in [6.07, 6.45) is 1.62. The Morgan fingerprint density at radius 2 is 1.60 bits per heavy atom. The van der Waals surface area contributed by atoms with Crippen LogP contribution < -0.4 is 24.2 Å². The van der Waals surface area contributed by atoms with E-state index in [0.29, 0.717) is 36.1 Å². The van der Waals surface area contributed by atoms with Crippen molar-refractivity contribution in [3.63, 3.8) is 0 Å². The van der Waals surface area contributed by atoms with Gasteiger partial charge in [0.15, 0.2) is 11.5 Å². The van der Waals surface area contributed by atoms with Crippen LogP contribution in [0.2, 0.25) is 0 Å². The molecule has 0 heterocycles. The fourth-order valence-corrected chi connectivity index (χ4v) is 4.41. The van der Waals surface area contributed by atoms with Gasteiger partial charge in [0.05, 0.1) is 19.1 Å². The summed E-state index contributed by atoms with van der Waals surface area (Å²) in [4.78, 5) is 13.1. The SMILES string of the molecule is CCCCNS(=O)(=O)c1cccc(NC(=O)c2cc(OC)c(OCc3ccccc3)c(OC)c2)c1. The largest absolute Gasteiger partial charge is 0.493 e. The van der Waals surface area contributed by atoms with Crippen LogP contribution >= 0.6 is 0 Å². The van der Waals surface area contributed by atoms with Crippen LogP contribution in [0.25, 0.3) is 0 Å². The van der Waals surface area contributed by atoms with Gasteiger partial charge in [0, 0.05) is 17.8 Å². The number of hydrogen-bond acceptors (Lipinski definition) is 6. The van der Waals surface area contributed by atoms with Crippen molar-refractivity contribution in [2.45, 2.75) is 31.3 Å². The van der Waals surface area contributed by atoms with Crippen LogP contribution in [0.4, 0.5) is 5.69 Å². The quantitative estimate of drug-likeness (QED) is 0.354. The molecule has 0 aliphatic rings. The predicted octanol–water partition coefficient (Wildman–Crippen LogP) is 4.61. The zero-order chi connectivity index (χ0) is 25.3. The lowest BCUT2D eigenvalue weighted by Crippen LogP contribution is -2.24. The van der Waals surface area contributed by atoms with Crippen LogP contribution in [0, 0.1) is 0 Å². The van der Waals surface area contributed by atoms with Gasteiger partial charge < -0.3 is 19.5 Å². The van der Waals surface area contributed by atoms with Crippen molar-refractivity contribution >= 4 is 21.6 Å². The van der Waals surface area contributed by atoms with Crippen LogP contribution in [0.15, 0.2) is 71.6 Å². The number of nitrogens with one attached hydrogen (secondary N) is 2. The fourth-order valence-electron chi connectivity index (χ4n) is 3.29. The van der Waals surface area contributed by atoms with E-state index < -0.39 is 15.9 Å². The summed E-state index contributed by atoms with van der Waals surface area (Å²) in [6, 6.07) is 18.8. The number of methoxy groups -OCH3 is 2. The number of unbranched alkanes of at least 4 members (excludes halogenated alkanes) is 1. The third-order valence-electron chi connectivity index (χ3n) is 5.17. The maximum Gasteiger partial charge on any atom is 0.255 e. The molecule has 0 saturated heterocycles. The minimum atomic E-state index is -3.67. The molecule has 0 aliphatic carbocycles. The minimum absolute atomic E-state index is 0.0752. The zero-order valence-corrected chi connectivity index (χ0v) is 20.9. The second-order valence-corrected chi connectivity index (χ2v) is 9.48. The molecule has 0 atom stereocenters. The molecular formula is C26H30N2O6S. The number of hydrogen-bond donors (Lipinski definition) is 2. The second-order valence-electron chi connectivity index (χ2n) is 7.72. The Balaban J connectivity index is 1.79. The highest BCUT2D eigenvalue weighted by Gasteiger charge is 2.19. The standard InChI is InChI=1S/C26H30N2O6S/c1-4-5-14-27-35(30,31)22-13-9-12-21(17-22)28-26(29)20-15-23(32-2)25(24(16-20)33-3)34-18-19-10-7-6-8-11-19/h6-13,15-17,27H,4-5,14,18H2,1-3H3,(H,28,29). The molecule has 0 spiro atoms. The fraction of sp³-hybridized carbons (Fsp3) is 0.269. The predicted molar refractivity (Wildman–Crippen MR) is 135 cm³/mol. The summed E-state index contributed by atoms with van der Waals surface area (Å²) in [7, 11) is -0.714. The summed E-state index contributed by atoms with van der Waals surface area (Å²) in [6.45, 7) is 2.64. The van der Waals surface area contributed by atoms with E-state index in [9.17, 15) is 13.2 Å². The first-order valence-corrected chi connectivity index (χ1v) is 12.7. The first-order valence-electron chi connectivity index (χ1n) is 11.2. The molecule has 0 radical (unpaired) electrons. The molecule has 0 unspecified atom stereocenters. The molecule has 0 saturated carbocycles. The van der Waals surface area contributed by atoms with E-state index in [4.69, 9.17) is 14.2 Å². The van der Waals surface area contributed by atoms with Gasteiger partial charge in [-0.2, -0.15) is 0 Å². The van der Waals surface area contributed by atoms with Gasteiger partial charge in [0.2, 0.25) is 15.8 Å². The molecule has 0 aromatic heterocycles. The Kier molecular flexibility index (Phi) is 9.11. The van der Waals surface area contributed by atoms with Crippen LogP contribution in [-0.4, -0.2) is 35.1 Å². The van der Waals surface area contributed by atoms with Gasteiger partial charge in [-0.1, -0.05) is 49.7 Å². The van der Waals surface area contributed by atoms with Crippen LogP contribution in [0.1, 0.15) is 35.7 Å². The first-order chi connectivity index (χ1) is 16.9. The van der Waals surface area contributed by atoms with Crippen molar-refractivity contribution in [2.75, 3.05) is 26.1 Å². The highest BCUT2D eigenvalue weighted by Crippen LogP contribution is 2.39. The van der Waals surface area contributed by atoms with Crippen molar-refractivity contribution in [2.24, 2.45) is 0 Å². The van der Waals surface area contributed by atoms with E-state index in [1.807, 2.05) is 37.3 Å². The third kappa shape index (κ3) is 6.97. The molecular weight excluding hydrogens is 468 g/mol. The van der Waals surface area contributed by atoms with E-state index >= 15 is 0 Å². The van der Waals surface area contributed by atoms with Gasteiger partial charge in [-0.3, -0.25) is 4.79 Å². The maximum atomic E-state index is 13.0. The van der Waals surface area contributed by atoms with Gasteiger partial charge in [-0.25, -0.2) is 13.1 Å². The molecule has 0 bridgehead atoms. The van der Waals surface area contributed by atoms with E-state index in [1.165, 1.54) is 26.4 Å². The van der Waals surface area contributed by atoms with Crippen LogP contribution in [-0.2, 0) is 16.6 Å². The Bertz CT molecular complexity index is 1220. The normalized spacial score (nSPS) is 11.1. The lowest BCUT2D eigenvalue weighted by Gasteiger charge is -2.16. The average molecular weight is 499 g/mol. The molecule has 0 aliphatic heterocycles. The number of amides is 1. The van der Waals surface area contributed by atoms with Gasteiger partial charge in [-0.05, 0) is 42.3 Å². The van der Waals surface area contributed by atoms with Crippen LogP contribution in [0.5, 0.6) is 17.2 Å². The smallest absolute Gasteiger partial charge is 0.255 e. The average Bonchev–Trinajstić information content (AvgIpc) is 2.87. The third-order valence-corrected chi connectivity index (χ3v) is 6.63. The second kappa shape index (κ2) is 12.2. The molecule has 0 fully saturated rings. The topological polar surface area (TPSA) is 103 Å². The molecule has 8 nitrogen and oxygen atoms in total. The number of sulfonamides is 1. The lowest BCUT2D eigenvalue weighted by atomic mass is 10.1. The van der Waals surface area contributed by atoms with Crippen molar-refractivity contribution in [1.82, 2.24) is 4.72 Å². The molecule has 186 valence electrons. The Morgan fingerprint density at radius 1 is 0.914 bits per heavy atom. The number of benzene rings is 3. The monoisotopic (exact) mass is 498 g/mol. The number of carbonyl (C=O) groups excluding carboxylic acids is 1. The summed E-state index contributed by atoms with van der Waals surface area (Å²) >= 11 is 0. The van der Waals surface area contributed by atoms with Gasteiger partial charge in [-0.15, -0.1) is 0 Å². The molecule has 2 N–H and O–H groups in total. The molecule has 3 aromatic carbocycles.